The van der Waals surface area contributed by atoms with Crippen molar-refractivity contribution in [3.05, 3.63) is 58.0 Å². The summed E-state index contributed by atoms with van der Waals surface area (Å²) in [5, 5.41) is 1.36. The number of hydrogen-bond acceptors (Lipinski definition) is 2. The second-order valence-electron chi connectivity index (χ2n) is 4.44. The van der Waals surface area contributed by atoms with Gasteiger partial charge in [0, 0.05) is 5.56 Å². The average Bonchev–Trinajstić information content (AvgIpc) is 2.41. The summed E-state index contributed by atoms with van der Waals surface area (Å²) in [6, 6.07) is 10.2. The Kier molecular flexibility index (Phi) is 3.32. The minimum absolute atomic E-state index is 0.261. The van der Waals surface area contributed by atoms with E-state index in [4.69, 9.17) is 23.2 Å². The summed E-state index contributed by atoms with van der Waals surface area (Å²) < 4.78 is 13.6. The quantitative estimate of drug-likeness (QED) is 0.588. The number of aromatic nitrogens is 2. The fourth-order valence-electron chi connectivity index (χ4n) is 1.96. The first-order valence-corrected chi connectivity index (χ1v) is 6.70. The van der Waals surface area contributed by atoms with E-state index in [1.165, 1.54) is 6.07 Å². The van der Waals surface area contributed by atoms with Crippen LogP contribution in [0.1, 0.15) is 5.56 Å². The van der Waals surface area contributed by atoms with E-state index < -0.39 is 0 Å². The van der Waals surface area contributed by atoms with E-state index in [9.17, 15) is 4.39 Å². The van der Waals surface area contributed by atoms with Gasteiger partial charge in [-0.3, -0.25) is 0 Å². The van der Waals surface area contributed by atoms with Crippen LogP contribution in [0.3, 0.4) is 0 Å². The SMILES string of the molecule is Cc1ccc(-c2nc(Cl)c3c(Cl)cccc3n2)cc1F. The molecule has 0 atom stereocenters. The monoisotopic (exact) mass is 306 g/mol. The smallest absolute Gasteiger partial charge is 0.161 e. The number of aryl methyl sites for hydroxylation is 1. The zero-order valence-corrected chi connectivity index (χ0v) is 12.0. The van der Waals surface area contributed by atoms with Gasteiger partial charge >= 0.3 is 0 Å². The van der Waals surface area contributed by atoms with Gasteiger partial charge < -0.3 is 0 Å². The molecule has 2 aromatic carbocycles. The first-order valence-electron chi connectivity index (χ1n) is 5.94. The summed E-state index contributed by atoms with van der Waals surface area (Å²) in [6.07, 6.45) is 0. The molecule has 0 N–H and O–H groups in total. The zero-order chi connectivity index (χ0) is 14.3. The zero-order valence-electron chi connectivity index (χ0n) is 10.5. The summed E-state index contributed by atoms with van der Waals surface area (Å²) in [4.78, 5) is 8.60. The molecule has 0 saturated carbocycles. The van der Waals surface area contributed by atoms with E-state index in [1.54, 1.807) is 37.3 Å². The Hall–Kier alpha value is -1.71. The van der Waals surface area contributed by atoms with E-state index in [1.807, 2.05) is 0 Å². The molecule has 1 heterocycles. The lowest BCUT2D eigenvalue weighted by atomic mass is 10.1. The van der Waals surface area contributed by atoms with Crippen molar-refractivity contribution in [3.63, 3.8) is 0 Å². The van der Waals surface area contributed by atoms with Gasteiger partial charge in [0.2, 0.25) is 0 Å². The molecule has 1 aromatic heterocycles. The maximum Gasteiger partial charge on any atom is 0.161 e. The van der Waals surface area contributed by atoms with E-state index >= 15 is 0 Å². The van der Waals surface area contributed by atoms with Crippen molar-refractivity contribution >= 4 is 34.1 Å². The second-order valence-corrected chi connectivity index (χ2v) is 5.20. The fourth-order valence-corrected chi connectivity index (χ4v) is 2.55. The molecule has 0 radical (unpaired) electrons. The maximum atomic E-state index is 13.6. The van der Waals surface area contributed by atoms with Crippen molar-refractivity contribution in [1.29, 1.82) is 0 Å². The molecular formula is C15H9Cl2FN2. The molecule has 0 saturated heterocycles. The minimum atomic E-state index is -0.298. The summed E-state index contributed by atoms with van der Waals surface area (Å²) in [5.41, 5.74) is 1.79. The molecule has 100 valence electrons. The molecule has 0 unspecified atom stereocenters. The molecule has 0 aliphatic rings. The number of hydrogen-bond donors (Lipinski definition) is 0. The van der Waals surface area contributed by atoms with Gasteiger partial charge in [0.1, 0.15) is 11.0 Å². The van der Waals surface area contributed by atoms with Gasteiger partial charge in [-0.1, -0.05) is 41.4 Å². The Morgan fingerprint density at radius 3 is 2.60 bits per heavy atom. The highest BCUT2D eigenvalue weighted by Crippen LogP contribution is 2.30. The standard InChI is InChI=1S/C15H9Cl2FN2/c1-8-5-6-9(7-11(8)18)15-19-12-4-2-3-10(16)13(12)14(17)20-15/h2-7H,1H3. The van der Waals surface area contributed by atoms with Crippen LogP contribution in [0.2, 0.25) is 10.2 Å². The van der Waals surface area contributed by atoms with Gasteiger partial charge in [0.05, 0.1) is 15.9 Å². The molecule has 0 aliphatic heterocycles. The van der Waals surface area contributed by atoms with Crippen molar-refractivity contribution in [2.45, 2.75) is 6.92 Å². The van der Waals surface area contributed by atoms with Crippen LogP contribution in [-0.4, -0.2) is 9.97 Å². The summed E-state index contributed by atoms with van der Waals surface area (Å²) in [7, 11) is 0. The van der Waals surface area contributed by atoms with E-state index in [2.05, 4.69) is 9.97 Å². The van der Waals surface area contributed by atoms with Crippen molar-refractivity contribution < 1.29 is 4.39 Å². The number of nitrogens with zero attached hydrogens (tertiary/aromatic N) is 2. The van der Waals surface area contributed by atoms with Crippen LogP contribution < -0.4 is 0 Å². The van der Waals surface area contributed by atoms with Crippen LogP contribution in [0.5, 0.6) is 0 Å². The Morgan fingerprint density at radius 2 is 1.85 bits per heavy atom. The van der Waals surface area contributed by atoms with Crippen LogP contribution in [0, 0.1) is 12.7 Å². The minimum Gasteiger partial charge on any atom is -0.228 e. The van der Waals surface area contributed by atoms with Crippen LogP contribution in [-0.2, 0) is 0 Å². The van der Waals surface area contributed by atoms with E-state index in [0.717, 1.165) is 0 Å². The Bertz CT molecular complexity index is 818. The molecule has 5 heteroatoms. The lowest BCUT2D eigenvalue weighted by Gasteiger charge is -2.06. The van der Waals surface area contributed by atoms with Crippen molar-refractivity contribution in [1.82, 2.24) is 9.97 Å². The molecule has 20 heavy (non-hydrogen) atoms. The molecule has 0 bridgehead atoms. The topological polar surface area (TPSA) is 25.8 Å². The lowest BCUT2D eigenvalue weighted by molar-refractivity contribution is 0.619. The van der Waals surface area contributed by atoms with Gasteiger partial charge in [0.15, 0.2) is 5.82 Å². The summed E-state index contributed by atoms with van der Waals surface area (Å²) in [5.74, 6) is 0.0806. The van der Waals surface area contributed by atoms with Crippen LogP contribution in [0.15, 0.2) is 36.4 Å². The fraction of sp³-hybridized carbons (Fsp3) is 0.0667. The van der Waals surface area contributed by atoms with Gasteiger partial charge in [-0.05, 0) is 30.7 Å². The molecule has 0 amide bonds. The first kappa shape index (κ1) is 13.3. The highest BCUT2D eigenvalue weighted by Gasteiger charge is 2.11. The molecule has 3 rings (SSSR count). The molecule has 2 nitrogen and oxygen atoms in total. The highest BCUT2D eigenvalue weighted by molar-refractivity contribution is 6.41. The first-order chi connectivity index (χ1) is 9.56. The number of fused-ring (bicyclic) bond motifs is 1. The van der Waals surface area contributed by atoms with E-state index in [-0.39, 0.29) is 11.0 Å². The summed E-state index contributed by atoms with van der Waals surface area (Å²) in [6.45, 7) is 1.70. The van der Waals surface area contributed by atoms with Crippen LogP contribution in [0.25, 0.3) is 22.3 Å². The van der Waals surface area contributed by atoms with Gasteiger partial charge in [0.25, 0.3) is 0 Å². The second kappa shape index (κ2) is 5.00. The van der Waals surface area contributed by atoms with Gasteiger partial charge in [-0.25, -0.2) is 14.4 Å². The number of halogens is 3. The normalized spacial score (nSPS) is 11.0. The molecular weight excluding hydrogens is 298 g/mol. The summed E-state index contributed by atoms with van der Waals surface area (Å²) >= 11 is 12.2. The predicted octanol–water partition coefficient (Wildman–Crippen LogP) is 5.05. The molecule has 3 aromatic rings. The largest absolute Gasteiger partial charge is 0.228 e. The van der Waals surface area contributed by atoms with Crippen molar-refractivity contribution in [2.24, 2.45) is 0 Å². The van der Waals surface area contributed by atoms with Crippen LogP contribution in [0.4, 0.5) is 4.39 Å². The van der Waals surface area contributed by atoms with Crippen LogP contribution >= 0.6 is 23.2 Å². The third-order valence-corrected chi connectivity index (χ3v) is 3.65. The Balaban J connectivity index is 2.25. The Morgan fingerprint density at radius 1 is 1.05 bits per heavy atom. The number of rotatable bonds is 1. The maximum absolute atomic E-state index is 13.6. The predicted molar refractivity (Wildman–Crippen MR) is 79.7 cm³/mol. The average molecular weight is 307 g/mol. The molecule has 0 fully saturated rings. The lowest BCUT2D eigenvalue weighted by Crippen LogP contribution is -1.93. The van der Waals surface area contributed by atoms with E-state index in [0.29, 0.717) is 32.9 Å². The molecule has 0 spiro atoms. The highest BCUT2D eigenvalue weighted by atomic mass is 35.5. The van der Waals surface area contributed by atoms with Crippen molar-refractivity contribution in [3.8, 4) is 11.4 Å². The third kappa shape index (κ3) is 2.23. The molecule has 0 aliphatic carbocycles. The van der Waals surface area contributed by atoms with Crippen molar-refractivity contribution in [2.75, 3.05) is 0 Å². The number of benzene rings is 2. The Labute approximate surface area is 125 Å². The third-order valence-electron chi connectivity index (χ3n) is 3.06. The van der Waals surface area contributed by atoms with Gasteiger partial charge in [-0.2, -0.15) is 0 Å². The van der Waals surface area contributed by atoms with Gasteiger partial charge in [-0.15, -0.1) is 0 Å².